The van der Waals surface area contributed by atoms with Gasteiger partial charge in [0.1, 0.15) is 5.82 Å². The fourth-order valence-electron chi connectivity index (χ4n) is 2.67. The summed E-state index contributed by atoms with van der Waals surface area (Å²) in [7, 11) is 0. The summed E-state index contributed by atoms with van der Waals surface area (Å²) >= 11 is 0. The van der Waals surface area contributed by atoms with Gasteiger partial charge in [-0.2, -0.15) is 0 Å². The molecular weight excluding hydrogens is 279 g/mol. The van der Waals surface area contributed by atoms with E-state index in [1.165, 1.54) is 12.1 Å². The summed E-state index contributed by atoms with van der Waals surface area (Å²) in [5.41, 5.74) is 3.62. The Morgan fingerprint density at radius 2 is 1.95 bits per heavy atom. The van der Waals surface area contributed by atoms with Gasteiger partial charge >= 0.3 is 0 Å². The number of carbonyl (C=O) groups excluding carboxylic acids is 1. The van der Waals surface area contributed by atoms with Crippen LogP contribution in [0, 0.1) is 12.7 Å². The van der Waals surface area contributed by atoms with Crippen LogP contribution in [0.1, 0.15) is 21.6 Å². The van der Waals surface area contributed by atoms with Crippen molar-refractivity contribution in [2.45, 2.75) is 13.3 Å². The van der Waals surface area contributed by atoms with Gasteiger partial charge < -0.3 is 10.3 Å². The molecular formula is C18H17FN2O. The summed E-state index contributed by atoms with van der Waals surface area (Å²) in [6.45, 7) is 2.48. The third-order valence-corrected chi connectivity index (χ3v) is 3.78. The van der Waals surface area contributed by atoms with E-state index < -0.39 is 0 Å². The summed E-state index contributed by atoms with van der Waals surface area (Å²) in [6.07, 6.45) is 0.661. The first-order valence-corrected chi connectivity index (χ1v) is 7.25. The molecule has 0 unspecified atom stereocenters. The average molecular weight is 296 g/mol. The van der Waals surface area contributed by atoms with E-state index in [0.717, 1.165) is 22.2 Å². The molecule has 0 aliphatic carbocycles. The lowest BCUT2D eigenvalue weighted by Gasteiger charge is -2.06. The van der Waals surface area contributed by atoms with Crippen LogP contribution < -0.4 is 5.32 Å². The first-order valence-electron chi connectivity index (χ1n) is 7.25. The van der Waals surface area contributed by atoms with E-state index in [2.05, 4.69) is 10.3 Å². The fourth-order valence-corrected chi connectivity index (χ4v) is 2.67. The van der Waals surface area contributed by atoms with Gasteiger partial charge in [0.2, 0.25) is 0 Å². The molecule has 2 N–H and O–H groups in total. The Bertz CT molecular complexity index is 809. The summed E-state index contributed by atoms with van der Waals surface area (Å²) in [4.78, 5) is 15.2. The summed E-state index contributed by atoms with van der Waals surface area (Å²) in [6, 6.07) is 13.8. The largest absolute Gasteiger partial charge is 0.358 e. The van der Waals surface area contributed by atoms with Gasteiger partial charge in [-0.1, -0.05) is 18.2 Å². The molecule has 1 aromatic heterocycles. The van der Waals surface area contributed by atoms with Gasteiger partial charge in [-0.25, -0.2) is 4.39 Å². The first kappa shape index (κ1) is 14.3. The van der Waals surface area contributed by atoms with Crippen molar-refractivity contribution in [3.8, 4) is 0 Å². The first-order chi connectivity index (χ1) is 10.6. The van der Waals surface area contributed by atoms with Crippen molar-refractivity contribution in [2.24, 2.45) is 0 Å². The maximum absolute atomic E-state index is 13.4. The second kappa shape index (κ2) is 6.02. The van der Waals surface area contributed by atoms with Crippen LogP contribution >= 0.6 is 0 Å². The number of hydrogen-bond acceptors (Lipinski definition) is 1. The van der Waals surface area contributed by atoms with E-state index >= 15 is 0 Å². The number of aryl methyl sites for hydroxylation is 1. The van der Waals surface area contributed by atoms with Gasteiger partial charge in [0, 0.05) is 28.7 Å². The van der Waals surface area contributed by atoms with Crippen LogP contribution in [0.15, 0.2) is 48.5 Å². The molecule has 2 aromatic carbocycles. The molecule has 0 radical (unpaired) electrons. The van der Waals surface area contributed by atoms with Crippen molar-refractivity contribution in [2.75, 3.05) is 6.54 Å². The van der Waals surface area contributed by atoms with Crippen LogP contribution in [-0.2, 0) is 6.42 Å². The smallest absolute Gasteiger partial charge is 0.251 e. The van der Waals surface area contributed by atoms with Crippen LogP contribution in [0.25, 0.3) is 10.9 Å². The van der Waals surface area contributed by atoms with Gasteiger partial charge in [0.25, 0.3) is 5.91 Å². The minimum Gasteiger partial charge on any atom is -0.358 e. The monoisotopic (exact) mass is 296 g/mol. The quantitative estimate of drug-likeness (QED) is 0.759. The van der Waals surface area contributed by atoms with E-state index in [-0.39, 0.29) is 11.7 Å². The number of hydrogen-bond donors (Lipinski definition) is 2. The third kappa shape index (κ3) is 2.86. The summed E-state index contributed by atoms with van der Waals surface area (Å²) in [5.74, 6) is -0.342. The maximum Gasteiger partial charge on any atom is 0.251 e. The maximum atomic E-state index is 13.4. The van der Waals surface area contributed by atoms with Crippen molar-refractivity contribution in [1.82, 2.24) is 10.3 Å². The number of rotatable bonds is 4. The van der Waals surface area contributed by atoms with Crippen LogP contribution in [0.5, 0.6) is 0 Å². The van der Waals surface area contributed by atoms with Crippen molar-refractivity contribution in [3.63, 3.8) is 0 Å². The van der Waals surface area contributed by atoms with Crippen molar-refractivity contribution in [3.05, 3.63) is 71.2 Å². The molecule has 4 heteroatoms. The van der Waals surface area contributed by atoms with Crippen LogP contribution in [0.2, 0.25) is 0 Å². The Morgan fingerprint density at radius 3 is 2.73 bits per heavy atom. The van der Waals surface area contributed by atoms with Crippen LogP contribution in [0.3, 0.4) is 0 Å². The van der Waals surface area contributed by atoms with Gasteiger partial charge in [-0.3, -0.25) is 4.79 Å². The number of fused-ring (bicyclic) bond motifs is 1. The highest BCUT2D eigenvalue weighted by Gasteiger charge is 2.10. The highest BCUT2D eigenvalue weighted by atomic mass is 19.1. The molecule has 0 atom stereocenters. The molecule has 112 valence electrons. The molecule has 3 rings (SSSR count). The molecule has 0 bridgehead atoms. The SMILES string of the molecule is Cc1[nH]c2ccc(F)cc2c1CCNC(=O)c1ccccc1. The number of H-pyrrole nitrogens is 1. The number of amides is 1. The zero-order valence-electron chi connectivity index (χ0n) is 12.3. The Balaban J connectivity index is 1.71. The summed E-state index contributed by atoms with van der Waals surface area (Å²) < 4.78 is 13.4. The lowest BCUT2D eigenvalue weighted by Crippen LogP contribution is -2.25. The predicted molar refractivity (Wildman–Crippen MR) is 85.5 cm³/mol. The molecule has 0 saturated heterocycles. The number of benzene rings is 2. The molecule has 0 aliphatic rings. The van der Waals surface area contributed by atoms with Crippen molar-refractivity contribution < 1.29 is 9.18 Å². The zero-order valence-corrected chi connectivity index (χ0v) is 12.3. The standard InChI is InChI=1S/C18H17FN2O/c1-12-15(16-11-14(19)7-8-17(16)21-12)9-10-20-18(22)13-5-3-2-4-6-13/h2-8,11,21H,9-10H2,1H3,(H,20,22). The van der Waals surface area contributed by atoms with Gasteiger partial charge in [-0.05, 0) is 49.2 Å². The second-order valence-corrected chi connectivity index (χ2v) is 5.29. The number of aromatic nitrogens is 1. The molecule has 1 heterocycles. The van der Waals surface area contributed by atoms with Gasteiger partial charge in [-0.15, -0.1) is 0 Å². The Kier molecular flexibility index (Phi) is 3.92. The van der Waals surface area contributed by atoms with E-state index in [1.54, 1.807) is 18.2 Å². The predicted octanol–water partition coefficient (Wildman–Crippen LogP) is 3.59. The average Bonchev–Trinajstić information content (AvgIpc) is 2.83. The lowest BCUT2D eigenvalue weighted by atomic mass is 10.1. The lowest BCUT2D eigenvalue weighted by molar-refractivity contribution is 0.0954. The van der Waals surface area contributed by atoms with Gasteiger partial charge in [0.05, 0.1) is 0 Å². The molecule has 3 aromatic rings. The zero-order chi connectivity index (χ0) is 15.5. The summed E-state index contributed by atoms with van der Waals surface area (Å²) in [5, 5.41) is 3.78. The van der Waals surface area contributed by atoms with E-state index in [4.69, 9.17) is 0 Å². The highest BCUT2D eigenvalue weighted by Crippen LogP contribution is 2.23. The Hall–Kier alpha value is -2.62. The van der Waals surface area contributed by atoms with Crippen molar-refractivity contribution >= 4 is 16.8 Å². The molecule has 0 fully saturated rings. The molecule has 1 amide bonds. The topological polar surface area (TPSA) is 44.9 Å². The van der Waals surface area contributed by atoms with E-state index in [9.17, 15) is 9.18 Å². The van der Waals surface area contributed by atoms with Crippen molar-refractivity contribution in [1.29, 1.82) is 0 Å². The Morgan fingerprint density at radius 1 is 1.18 bits per heavy atom. The Labute approximate surface area is 128 Å². The highest BCUT2D eigenvalue weighted by molar-refractivity contribution is 5.94. The van der Waals surface area contributed by atoms with Gasteiger partial charge in [0.15, 0.2) is 0 Å². The van der Waals surface area contributed by atoms with Crippen LogP contribution in [0.4, 0.5) is 4.39 Å². The number of halogens is 1. The second-order valence-electron chi connectivity index (χ2n) is 5.29. The fraction of sp³-hybridized carbons (Fsp3) is 0.167. The molecule has 22 heavy (non-hydrogen) atoms. The number of nitrogens with one attached hydrogen (secondary N) is 2. The van der Waals surface area contributed by atoms with E-state index in [0.29, 0.717) is 18.5 Å². The number of aromatic amines is 1. The minimum absolute atomic E-state index is 0.0933. The molecule has 0 aliphatic heterocycles. The van der Waals surface area contributed by atoms with E-state index in [1.807, 2.05) is 25.1 Å². The number of carbonyl (C=O) groups is 1. The molecule has 0 spiro atoms. The third-order valence-electron chi connectivity index (χ3n) is 3.78. The molecule has 3 nitrogen and oxygen atoms in total. The van der Waals surface area contributed by atoms with Crippen LogP contribution in [-0.4, -0.2) is 17.4 Å². The minimum atomic E-state index is -0.249. The molecule has 0 saturated carbocycles. The normalized spacial score (nSPS) is 10.8.